The second-order valence-electron chi connectivity index (χ2n) is 13.1. The first-order chi connectivity index (χ1) is 26.0. The molecule has 4 aromatic rings. The van der Waals surface area contributed by atoms with Crippen LogP contribution in [0.1, 0.15) is 73.5 Å². The third-order valence-corrected chi connectivity index (χ3v) is 11.7. The third kappa shape index (κ3) is 8.69. The number of halogens is 4. The number of esters is 4. The van der Waals surface area contributed by atoms with Gasteiger partial charge in [-0.1, -0.05) is 70.1 Å². The van der Waals surface area contributed by atoms with Gasteiger partial charge in [0.2, 0.25) is 0 Å². The average molecular weight is 992 g/mol. The fourth-order valence-electron chi connectivity index (χ4n) is 6.89. The first-order valence-corrected chi connectivity index (χ1v) is 20.4. The second-order valence-corrected chi connectivity index (χ2v) is 16.8. The quantitative estimate of drug-likeness (QED) is 0.125. The highest BCUT2D eigenvalue weighted by Gasteiger charge is 2.65. The van der Waals surface area contributed by atoms with E-state index in [2.05, 4.69) is 63.7 Å². The fraction of sp³-hybridized carbons (Fsp3) is 0.300. The van der Waals surface area contributed by atoms with Crippen LogP contribution in [-0.2, 0) is 28.4 Å². The Hall–Kier alpha value is -3.40. The van der Waals surface area contributed by atoms with E-state index in [1.165, 1.54) is 0 Å². The number of rotatable bonds is 8. The molecule has 6 atom stereocenters. The molecule has 280 valence electrons. The lowest BCUT2D eigenvalue weighted by Crippen LogP contribution is -2.66. The van der Waals surface area contributed by atoms with Gasteiger partial charge in [-0.15, -0.1) is 0 Å². The van der Waals surface area contributed by atoms with Gasteiger partial charge < -0.3 is 28.4 Å². The lowest BCUT2D eigenvalue weighted by molar-refractivity contribution is -0.203. The fourth-order valence-corrected chi connectivity index (χ4v) is 7.94. The summed E-state index contributed by atoms with van der Waals surface area (Å²) in [5, 5.41) is 0. The molecule has 0 unspecified atom stereocenters. The van der Waals surface area contributed by atoms with Crippen LogP contribution < -0.4 is 0 Å². The summed E-state index contributed by atoms with van der Waals surface area (Å²) in [6.07, 6.45) is -4.42. The molecule has 14 heteroatoms. The molecule has 0 radical (unpaired) electrons. The van der Waals surface area contributed by atoms with E-state index < -0.39 is 66.3 Å². The molecule has 10 nitrogen and oxygen atoms in total. The number of ether oxygens (including phenoxy) is 6. The molecule has 3 fully saturated rings. The van der Waals surface area contributed by atoms with Crippen LogP contribution in [0.25, 0.3) is 0 Å². The maximum Gasteiger partial charge on any atom is 0.338 e. The predicted molar refractivity (Wildman–Crippen MR) is 209 cm³/mol. The van der Waals surface area contributed by atoms with E-state index in [1.807, 2.05) is 0 Å². The number of hydrogen-bond donors (Lipinski definition) is 0. The van der Waals surface area contributed by atoms with Gasteiger partial charge in [0.1, 0.15) is 12.2 Å². The third-order valence-electron chi connectivity index (χ3n) is 9.55. The Labute approximate surface area is 344 Å². The summed E-state index contributed by atoms with van der Waals surface area (Å²) in [7, 11) is 0. The van der Waals surface area contributed by atoms with Crippen molar-refractivity contribution in [3.63, 3.8) is 0 Å². The predicted octanol–water partition coefficient (Wildman–Crippen LogP) is 9.40. The molecule has 1 saturated heterocycles. The summed E-state index contributed by atoms with van der Waals surface area (Å²) in [5.41, 5.74) is 0.775. The van der Waals surface area contributed by atoms with Crippen molar-refractivity contribution in [2.24, 2.45) is 0 Å². The highest BCUT2D eigenvalue weighted by atomic mass is 79.9. The van der Waals surface area contributed by atoms with Gasteiger partial charge in [-0.25, -0.2) is 19.2 Å². The van der Waals surface area contributed by atoms with Crippen LogP contribution in [0.2, 0.25) is 0 Å². The van der Waals surface area contributed by atoms with Crippen molar-refractivity contribution in [3.8, 4) is 0 Å². The molecule has 54 heavy (non-hydrogen) atoms. The van der Waals surface area contributed by atoms with Crippen LogP contribution in [0, 0.1) is 0 Å². The second kappa shape index (κ2) is 16.8. The van der Waals surface area contributed by atoms with Crippen LogP contribution in [0.15, 0.2) is 115 Å². The van der Waals surface area contributed by atoms with E-state index in [0.29, 0.717) is 12.8 Å². The van der Waals surface area contributed by atoms with Crippen molar-refractivity contribution < 1.29 is 47.6 Å². The van der Waals surface area contributed by atoms with Gasteiger partial charge in [0.25, 0.3) is 0 Å². The largest absolute Gasteiger partial charge is 0.452 e. The number of fused-ring (bicyclic) bond motifs is 1. The SMILES string of the molecule is O=C(O[C@@H]1[C@H](OC(=O)c2ccc(Br)cc2)[C@@H](OC(=O)c2ccc(Br)cc2)[C@@H]2OC3(CCCCC3)O[C@@H]2[C@H]1OC(=O)c1ccc(Br)cc1)c1ccc(Br)cc1. The molecule has 0 bridgehead atoms. The topological polar surface area (TPSA) is 124 Å². The zero-order chi connectivity index (χ0) is 38.0. The highest BCUT2D eigenvalue weighted by Crippen LogP contribution is 2.48. The van der Waals surface area contributed by atoms with E-state index in [1.54, 1.807) is 97.1 Å². The minimum Gasteiger partial charge on any atom is -0.452 e. The molecule has 0 N–H and O–H groups in total. The van der Waals surface area contributed by atoms with Crippen molar-refractivity contribution >= 4 is 87.6 Å². The van der Waals surface area contributed by atoms with Crippen molar-refractivity contribution in [2.45, 2.75) is 74.5 Å². The van der Waals surface area contributed by atoms with Gasteiger partial charge in [-0.2, -0.15) is 0 Å². The molecular formula is C40H32Br4O10. The lowest BCUT2D eigenvalue weighted by Gasteiger charge is -2.44. The first kappa shape index (κ1) is 38.9. The normalized spacial score (nSPS) is 24.2. The number of carbonyl (C=O) groups is 4. The van der Waals surface area contributed by atoms with Crippen molar-refractivity contribution in [3.05, 3.63) is 137 Å². The minimum atomic E-state index is -1.54. The summed E-state index contributed by atoms with van der Waals surface area (Å²) in [4.78, 5) is 55.7. The molecule has 2 aliphatic carbocycles. The van der Waals surface area contributed by atoms with Crippen molar-refractivity contribution in [1.29, 1.82) is 0 Å². The maximum atomic E-state index is 14.0. The van der Waals surface area contributed by atoms with Gasteiger partial charge in [-0.3, -0.25) is 0 Å². The number of hydrogen-bond acceptors (Lipinski definition) is 10. The van der Waals surface area contributed by atoms with E-state index >= 15 is 0 Å². The van der Waals surface area contributed by atoms with Crippen molar-refractivity contribution in [2.75, 3.05) is 0 Å². The molecule has 1 heterocycles. The molecule has 1 spiro atoms. The molecular weight excluding hydrogens is 960 g/mol. The van der Waals surface area contributed by atoms with E-state index in [-0.39, 0.29) is 22.3 Å². The van der Waals surface area contributed by atoms with E-state index in [0.717, 1.165) is 37.2 Å². The minimum absolute atomic E-state index is 0.173. The van der Waals surface area contributed by atoms with Gasteiger partial charge >= 0.3 is 23.9 Å². The first-order valence-electron chi connectivity index (χ1n) is 17.2. The number of carbonyl (C=O) groups excluding carboxylic acids is 4. The average Bonchev–Trinajstić information content (AvgIpc) is 3.53. The highest BCUT2D eigenvalue weighted by molar-refractivity contribution is 9.11. The van der Waals surface area contributed by atoms with E-state index in [4.69, 9.17) is 28.4 Å². The Balaban J connectivity index is 1.34. The molecule has 0 amide bonds. The Bertz CT molecular complexity index is 1860. The molecule has 4 aromatic carbocycles. The van der Waals surface area contributed by atoms with Crippen LogP contribution in [-0.4, -0.2) is 66.3 Å². The van der Waals surface area contributed by atoms with E-state index in [9.17, 15) is 19.2 Å². The van der Waals surface area contributed by atoms with Crippen molar-refractivity contribution in [1.82, 2.24) is 0 Å². The molecule has 7 rings (SSSR count). The zero-order valence-corrected chi connectivity index (χ0v) is 34.7. The molecule has 1 aliphatic heterocycles. The monoisotopic (exact) mass is 988 g/mol. The molecule has 3 aliphatic rings. The smallest absolute Gasteiger partial charge is 0.338 e. The Morgan fingerprint density at radius 3 is 0.963 bits per heavy atom. The number of benzene rings is 4. The van der Waals surface area contributed by atoms with Gasteiger partial charge in [0.05, 0.1) is 22.3 Å². The summed E-state index contributed by atoms with van der Waals surface area (Å²) in [6.45, 7) is 0. The Morgan fingerprint density at radius 1 is 0.426 bits per heavy atom. The van der Waals surface area contributed by atoms with Gasteiger partial charge in [-0.05, 0) is 110 Å². The summed E-state index contributed by atoms with van der Waals surface area (Å²) >= 11 is 13.5. The van der Waals surface area contributed by atoms with Crippen LogP contribution in [0.4, 0.5) is 0 Å². The standard InChI is InChI=1S/C40H32Br4O10/c41-26-12-4-22(5-13-26)36(45)49-30-31(50-37(46)23-6-14-27(42)15-7-23)33(52-39(48)25-10-18-29(44)19-11-25)35-34(53-40(54-35)20-2-1-3-21-40)32(30)51-38(47)24-8-16-28(43)17-9-24/h4-19,30-35H,1-3,20-21H2/t30-,31+,32+,33-,34-,35+. The maximum absolute atomic E-state index is 14.0. The Kier molecular flexibility index (Phi) is 12.1. The summed E-state index contributed by atoms with van der Waals surface area (Å²) < 4.78 is 41.3. The summed E-state index contributed by atoms with van der Waals surface area (Å²) in [6, 6.07) is 26.0. The lowest BCUT2D eigenvalue weighted by atomic mass is 9.84. The zero-order valence-electron chi connectivity index (χ0n) is 28.3. The van der Waals surface area contributed by atoms with Gasteiger partial charge in [0, 0.05) is 30.7 Å². The molecule has 0 aromatic heterocycles. The van der Waals surface area contributed by atoms with Crippen LogP contribution in [0.5, 0.6) is 0 Å². The van der Waals surface area contributed by atoms with Crippen LogP contribution >= 0.6 is 63.7 Å². The van der Waals surface area contributed by atoms with Gasteiger partial charge in [0.15, 0.2) is 30.2 Å². The molecule has 2 saturated carbocycles. The van der Waals surface area contributed by atoms with Crippen LogP contribution in [0.3, 0.4) is 0 Å². The Morgan fingerprint density at radius 2 is 0.685 bits per heavy atom. The summed E-state index contributed by atoms with van der Waals surface area (Å²) in [5.74, 6) is -4.20.